The topological polar surface area (TPSA) is 110 Å². The lowest BCUT2D eigenvalue weighted by atomic mass is 10.2. The Morgan fingerprint density at radius 1 is 1.29 bits per heavy atom. The normalized spacial score (nSPS) is 11.0. The van der Waals surface area contributed by atoms with E-state index in [0.29, 0.717) is 0 Å². The molecule has 0 aliphatic heterocycles. The highest BCUT2D eigenvalue weighted by molar-refractivity contribution is 7.46. The molecule has 0 heterocycles. The average molecular weight is 217 g/mol. The van der Waals surface area contributed by atoms with Gasteiger partial charge in [0.2, 0.25) is 5.91 Å². The van der Waals surface area contributed by atoms with Gasteiger partial charge in [-0.1, -0.05) is 0 Å². The molecule has 0 saturated carbocycles. The lowest BCUT2D eigenvalue weighted by Crippen LogP contribution is -2.10. The van der Waals surface area contributed by atoms with Gasteiger partial charge in [0.1, 0.15) is 5.75 Å². The zero-order chi connectivity index (χ0) is 10.8. The zero-order valence-electron chi connectivity index (χ0n) is 6.95. The van der Waals surface area contributed by atoms with Crippen LogP contribution in [0.3, 0.4) is 0 Å². The number of phosphoric acid groups is 1. The van der Waals surface area contributed by atoms with Gasteiger partial charge in [0.25, 0.3) is 0 Å². The maximum atomic E-state index is 10.6. The van der Waals surface area contributed by atoms with Crippen molar-refractivity contribution in [2.75, 3.05) is 0 Å². The summed E-state index contributed by atoms with van der Waals surface area (Å²) in [6.45, 7) is 0. The zero-order valence-corrected chi connectivity index (χ0v) is 7.85. The van der Waals surface area contributed by atoms with Gasteiger partial charge in [0.15, 0.2) is 0 Å². The summed E-state index contributed by atoms with van der Waals surface area (Å²) in [6.07, 6.45) is 0. The molecule has 0 spiro atoms. The van der Waals surface area contributed by atoms with Crippen molar-refractivity contribution >= 4 is 13.7 Å². The average Bonchev–Trinajstić information content (AvgIpc) is 2.02. The van der Waals surface area contributed by atoms with Crippen molar-refractivity contribution in [1.82, 2.24) is 0 Å². The number of amides is 1. The molecule has 0 atom stereocenters. The quantitative estimate of drug-likeness (QED) is 0.629. The van der Waals surface area contributed by atoms with Crippen LogP contribution in [0.15, 0.2) is 24.3 Å². The summed E-state index contributed by atoms with van der Waals surface area (Å²) >= 11 is 0. The standard InChI is InChI=1S/C7H8NO5P/c8-7(9)5-1-3-6(4-2-5)13-14(10,11)12/h1-4H,(H2,8,9)(H2,10,11,12). The third-order valence-corrected chi connectivity index (χ3v) is 1.81. The van der Waals surface area contributed by atoms with Crippen molar-refractivity contribution in [1.29, 1.82) is 0 Å². The Balaban J connectivity index is 2.84. The summed E-state index contributed by atoms with van der Waals surface area (Å²) in [5, 5.41) is 0. The van der Waals surface area contributed by atoms with Crippen molar-refractivity contribution in [2.24, 2.45) is 5.73 Å². The molecule has 1 amide bonds. The maximum absolute atomic E-state index is 10.6. The highest BCUT2D eigenvalue weighted by Crippen LogP contribution is 2.37. The van der Waals surface area contributed by atoms with Crippen LogP contribution in [0.2, 0.25) is 0 Å². The van der Waals surface area contributed by atoms with Gasteiger partial charge in [-0.05, 0) is 24.3 Å². The van der Waals surface area contributed by atoms with E-state index in [1.54, 1.807) is 0 Å². The monoisotopic (exact) mass is 217 g/mol. The van der Waals surface area contributed by atoms with Gasteiger partial charge in [-0.3, -0.25) is 14.6 Å². The molecule has 1 rings (SSSR count). The molecule has 0 saturated heterocycles. The van der Waals surface area contributed by atoms with Crippen molar-refractivity contribution in [3.05, 3.63) is 29.8 Å². The van der Waals surface area contributed by atoms with Gasteiger partial charge in [-0.15, -0.1) is 0 Å². The van der Waals surface area contributed by atoms with Crippen LogP contribution in [-0.2, 0) is 4.57 Å². The number of phosphoric ester groups is 1. The predicted molar refractivity (Wildman–Crippen MR) is 47.6 cm³/mol. The number of rotatable bonds is 3. The lowest BCUT2D eigenvalue weighted by Gasteiger charge is -2.06. The van der Waals surface area contributed by atoms with Gasteiger partial charge in [0, 0.05) is 5.56 Å². The van der Waals surface area contributed by atoms with Crippen LogP contribution in [-0.4, -0.2) is 15.7 Å². The molecular formula is C7H8NO5P. The molecule has 76 valence electrons. The largest absolute Gasteiger partial charge is 0.524 e. The van der Waals surface area contributed by atoms with Crippen LogP contribution in [0, 0.1) is 0 Å². The number of benzene rings is 1. The SMILES string of the molecule is NC(=O)c1ccc(OP(=O)(O)O)cc1. The summed E-state index contributed by atoms with van der Waals surface area (Å²) in [5.41, 5.74) is 5.20. The second-order valence-corrected chi connectivity index (χ2v) is 3.63. The minimum atomic E-state index is -4.54. The van der Waals surface area contributed by atoms with E-state index in [1.807, 2.05) is 0 Å². The summed E-state index contributed by atoms with van der Waals surface area (Å²) < 4.78 is 14.7. The molecular weight excluding hydrogens is 209 g/mol. The van der Waals surface area contributed by atoms with Gasteiger partial charge >= 0.3 is 7.82 Å². The molecule has 0 aliphatic rings. The highest BCUT2D eigenvalue weighted by atomic mass is 31.2. The Kier molecular flexibility index (Phi) is 2.90. The van der Waals surface area contributed by atoms with Crippen LogP contribution in [0.4, 0.5) is 0 Å². The molecule has 7 heteroatoms. The van der Waals surface area contributed by atoms with E-state index < -0.39 is 13.7 Å². The summed E-state index contributed by atoms with van der Waals surface area (Å²) in [4.78, 5) is 27.5. The third kappa shape index (κ3) is 3.18. The molecule has 0 unspecified atom stereocenters. The van der Waals surface area contributed by atoms with Gasteiger partial charge < -0.3 is 10.3 Å². The molecule has 0 aromatic heterocycles. The smallest absolute Gasteiger partial charge is 0.404 e. The molecule has 0 radical (unpaired) electrons. The molecule has 1 aromatic carbocycles. The number of carbonyl (C=O) groups excluding carboxylic acids is 1. The first-order valence-corrected chi connectivity index (χ1v) is 5.06. The minimum Gasteiger partial charge on any atom is -0.404 e. The molecule has 14 heavy (non-hydrogen) atoms. The fourth-order valence-corrected chi connectivity index (χ4v) is 1.21. The summed E-state index contributed by atoms with van der Waals surface area (Å²) in [5.74, 6) is -0.643. The van der Waals surface area contributed by atoms with E-state index >= 15 is 0 Å². The van der Waals surface area contributed by atoms with E-state index in [1.165, 1.54) is 24.3 Å². The Hall–Kier alpha value is -1.36. The van der Waals surface area contributed by atoms with Crippen LogP contribution >= 0.6 is 7.82 Å². The Labute approximate surface area is 79.5 Å². The molecule has 0 aliphatic carbocycles. The second-order valence-electron chi connectivity index (χ2n) is 2.47. The predicted octanol–water partition coefficient (Wildman–Crippen LogP) is 0.257. The Morgan fingerprint density at radius 2 is 1.79 bits per heavy atom. The van der Waals surface area contributed by atoms with E-state index in [9.17, 15) is 9.36 Å². The van der Waals surface area contributed by atoms with E-state index in [2.05, 4.69) is 4.52 Å². The molecule has 6 nitrogen and oxygen atoms in total. The van der Waals surface area contributed by atoms with Crippen molar-refractivity contribution in [3.8, 4) is 5.75 Å². The van der Waals surface area contributed by atoms with Crippen molar-refractivity contribution in [2.45, 2.75) is 0 Å². The van der Waals surface area contributed by atoms with Crippen LogP contribution in [0.5, 0.6) is 5.75 Å². The number of hydrogen-bond acceptors (Lipinski definition) is 3. The molecule has 4 N–H and O–H groups in total. The third-order valence-electron chi connectivity index (χ3n) is 1.36. The highest BCUT2D eigenvalue weighted by Gasteiger charge is 2.15. The maximum Gasteiger partial charge on any atom is 0.524 e. The van der Waals surface area contributed by atoms with Gasteiger partial charge in [-0.2, -0.15) is 0 Å². The lowest BCUT2D eigenvalue weighted by molar-refractivity contribution is 0.100. The van der Waals surface area contributed by atoms with Crippen LogP contribution < -0.4 is 10.3 Å². The van der Waals surface area contributed by atoms with E-state index in [0.717, 1.165) is 0 Å². The van der Waals surface area contributed by atoms with Crippen LogP contribution in [0.1, 0.15) is 10.4 Å². The summed E-state index contributed by atoms with van der Waals surface area (Å²) in [7, 11) is -4.54. The molecule has 0 fully saturated rings. The minimum absolute atomic E-state index is 0.0247. The second kappa shape index (κ2) is 3.79. The van der Waals surface area contributed by atoms with Crippen molar-refractivity contribution < 1.29 is 23.7 Å². The van der Waals surface area contributed by atoms with Gasteiger partial charge in [0.05, 0.1) is 0 Å². The number of primary amides is 1. The molecule has 0 bridgehead atoms. The van der Waals surface area contributed by atoms with Gasteiger partial charge in [-0.25, -0.2) is 4.57 Å². The van der Waals surface area contributed by atoms with Crippen LogP contribution in [0.25, 0.3) is 0 Å². The summed E-state index contributed by atoms with van der Waals surface area (Å²) in [6, 6.07) is 5.12. The first-order valence-electron chi connectivity index (χ1n) is 3.53. The molecule has 1 aromatic rings. The fraction of sp³-hybridized carbons (Fsp3) is 0. The van der Waals surface area contributed by atoms with Crippen molar-refractivity contribution in [3.63, 3.8) is 0 Å². The van der Waals surface area contributed by atoms with E-state index in [4.69, 9.17) is 15.5 Å². The Bertz CT molecular complexity index is 382. The first kappa shape index (κ1) is 10.7. The number of carbonyl (C=O) groups is 1. The fourth-order valence-electron chi connectivity index (χ4n) is 0.817. The number of hydrogen-bond donors (Lipinski definition) is 3. The Morgan fingerprint density at radius 3 is 2.14 bits per heavy atom. The first-order chi connectivity index (χ1) is 6.38. The number of nitrogens with two attached hydrogens (primary N) is 1. The van der Waals surface area contributed by atoms with E-state index in [-0.39, 0.29) is 11.3 Å².